The molecule has 28 heavy (non-hydrogen) atoms. The first-order valence-corrected chi connectivity index (χ1v) is 8.98. The summed E-state index contributed by atoms with van der Waals surface area (Å²) in [5, 5.41) is 2.21. The number of nitrogen functional groups attached to an aromatic ring is 1. The minimum absolute atomic E-state index is 0.110. The van der Waals surface area contributed by atoms with E-state index in [9.17, 15) is 9.59 Å². The average molecular weight is 393 g/mol. The van der Waals surface area contributed by atoms with E-state index in [0.29, 0.717) is 23.5 Å². The summed E-state index contributed by atoms with van der Waals surface area (Å²) < 4.78 is 0. The molecule has 1 aliphatic rings. The Morgan fingerprint density at radius 1 is 1.21 bits per heavy atom. The molecule has 0 unspecified atom stereocenters. The van der Waals surface area contributed by atoms with Crippen LogP contribution in [0.5, 0.6) is 0 Å². The van der Waals surface area contributed by atoms with Crippen molar-refractivity contribution in [2.24, 2.45) is 5.73 Å². The highest BCUT2D eigenvalue weighted by molar-refractivity contribution is 6.31. The minimum atomic E-state index is -0.609. The van der Waals surface area contributed by atoms with Crippen molar-refractivity contribution in [3.05, 3.63) is 70.9 Å². The first-order valence-electron chi connectivity index (χ1n) is 8.60. The second kappa shape index (κ2) is 6.65. The number of benzene rings is 2. The predicted octanol–water partition coefficient (Wildman–Crippen LogP) is 3.13. The van der Waals surface area contributed by atoms with Crippen molar-refractivity contribution < 1.29 is 9.59 Å². The van der Waals surface area contributed by atoms with Crippen LogP contribution in [0.3, 0.4) is 0 Å². The van der Waals surface area contributed by atoms with Gasteiger partial charge in [-0.2, -0.15) is 0 Å². The minimum Gasteiger partial charge on any atom is -0.396 e. The maximum Gasteiger partial charge on any atom is 0.254 e. The standard InChI is InChI=1S/C21H17ClN4O2/c1-11(20(24)27)9-26-10-16-14(21(26)28)5-4-12-2-3-13(8-15(12)16)18-7-6-17(23)19(22)25-18/h2-8H,1,9-10,23H2,(H2,24,27). The molecule has 4 N–H and O–H groups in total. The van der Waals surface area contributed by atoms with Gasteiger partial charge in [0.1, 0.15) is 0 Å². The number of pyridine rings is 1. The molecule has 6 nitrogen and oxygen atoms in total. The molecule has 7 heteroatoms. The number of rotatable bonds is 4. The lowest BCUT2D eigenvalue weighted by molar-refractivity contribution is -0.114. The van der Waals surface area contributed by atoms with E-state index in [2.05, 4.69) is 11.6 Å². The Hall–Kier alpha value is -3.38. The van der Waals surface area contributed by atoms with Gasteiger partial charge in [-0.3, -0.25) is 9.59 Å². The van der Waals surface area contributed by atoms with Gasteiger partial charge in [0, 0.05) is 23.2 Å². The predicted molar refractivity (Wildman–Crippen MR) is 110 cm³/mol. The van der Waals surface area contributed by atoms with Crippen LogP contribution in [-0.4, -0.2) is 28.2 Å². The summed E-state index contributed by atoms with van der Waals surface area (Å²) in [6.07, 6.45) is 0. The van der Waals surface area contributed by atoms with Crippen LogP contribution in [-0.2, 0) is 11.3 Å². The monoisotopic (exact) mass is 392 g/mol. The smallest absolute Gasteiger partial charge is 0.254 e. The summed E-state index contributed by atoms with van der Waals surface area (Å²) in [5.41, 5.74) is 14.7. The number of aromatic nitrogens is 1. The van der Waals surface area contributed by atoms with Gasteiger partial charge in [0.2, 0.25) is 5.91 Å². The van der Waals surface area contributed by atoms with Gasteiger partial charge < -0.3 is 16.4 Å². The van der Waals surface area contributed by atoms with Crippen LogP contribution >= 0.6 is 11.6 Å². The van der Waals surface area contributed by atoms with Gasteiger partial charge in [0.25, 0.3) is 5.91 Å². The Balaban J connectivity index is 1.77. The fraction of sp³-hybridized carbons (Fsp3) is 0.0952. The number of hydrogen-bond donors (Lipinski definition) is 2. The number of nitrogens with zero attached hydrogens (tertiary/aromatic N) is 2. The van der Waals surface area contributed by atoms with E-state index in [1.54, 1.807) is 17.0 Å². The Bertz CT molecular complexity index is 1170. The van der Waals surface area contributed by atoms with Gasteiger partial charge in [0.15, 0.2) is 5.15 Å². The molecule has 1 aromatic heterocycles. The van der Waals surface area contributed by atoms with E-state index in [1.807, 2.05) is 30.3 Å². The highest BCUT2D eigenvalue weighted by atomic mass is 35.5. The van der Waals surface area contributed by atoms with E-state index in [0.717, 1.165) is 21.9 Å². The molecular weight excluding hydrogens is 376 g/mol. The van der Waals surface area contributed by atoms with Crippen LogP contribution in [0.2, 0.25) is 5.15 Å². The fourth-order valence-corrected chi connectivity index (χ4v) is 3.54. The SMILES string of the molecule is C=C(CN1Cc2c(ccc3ccc(-c4ccc(N)c(Cl)n4)cc23)C1=O)C(N)=O. The molecule has 0 spiro atoms. The van der Waals surface area contributed by atoms with Crippen molar-refractivity contribution >= 4 is 39.9 Å². The van der Waals surface area contributed by atoms with E-state index in [-0.39, 0.29) is 23.2 Å². The number of anilines is 1. The molecule has 0 atom stereocenters. The third-order valence-electron chi connectivity index (χ3n) is 4.90. The zero-order valence-corrected chi connectivity index (χ0v) is 15.7. The van der Waals surface area contributed by atoms with E-state index in [4.69, 9.17) is 23.1 Å². The van der Waals surface area contributed by atoms with Crippen molar-refractivity contribution in [2.75, 3.05) is 12.3 Å². The molecule has 0 saturated carbocycles. The van der Waals surface area contributed by atoms with Crippen molar-refractivity contribution in [1.29, 1.82) is 0 Å². The van der Waals surface area contributed by atoms with Crippen LogP contribution in [0.4, 0.5) is 5.69 Å². The molecule has 2 amide bonds. The molecule has 4 rings (SSSR count). The summed E-state index contributed by atoms with van der Waals surface area (Å²) >= 11 is 6.05. The zero-order valence-electron chi connectivity index (χ0n) is 14.9. The topological polar surface area (TPSA) is 102 Å². The number of carbonyl (C=O) groups is 2. The van der Waals surface area contributed by atoms with E-state index >= 15 is 0 Å². The lowest BCUT2D eigenvalue weighted by atomic mass is 9.98. The number of halogens is 1. The van der Waals surface area contributed by atoms with E-state index < -0.39 is 5.91 Å². The highest BCUT2D eigenvalue weighted by Gasteiger charge is 2.29. The van der Waals surface area contributed by atoms with Gasteiger partial charge in [0.05, 0.1) is 17.9 Å². The van der Waals surface area contributed by atoms with Crippen molar-refractivity contribution in [3.8, 4) is 11.3 Å². The van der Waals surface area contributed by atoms with Crippen LogP contribution in [0.25, 0.3) is 22.0 Å². The number of fused-ring (bicyclic) bond motifs is 3. The molecule has 0 bridgehead atoms. The first-order chi connectivity index (χ1) is 13.3. The molecule has 3 aromatic rings. The second-order valence-corrected chi connectivity index (χ2v) is 7.09. The fourth-order valence-electron chi connectivity index (χ4n) is 3.39. The van der Waals surface area contributed by atoms with Crippen LogP contribution in [0, 0.1) is 0 Å². The summed E-state index contributed by atoms with van der Waals surface area (Å²) in [5.74, 6) is -0.749. The van der Waals surface area contributed by atoms with Gasteiger partial charge in [-0.25, -0.2) is 4.98 Å². The maximum atomic E-state index is 12.7. The number of nitrogens with two attached hydrogens (primary N) is 2. The molecule has 0 fully saturated rings. The number of primary amides is 1. The Morgan fingerprint density at radius 3 is 2.68 bits per heavy atom. The quantitative estimate of drug-likeness (QED) is 0.526. The van der Waals surface area contributed by atoms with Gasteiger partial charge in [-0.1, -0.05) is 36.4 Å². The lowest BCUT2D eigenvalue weighted by Gasteiger charge is -2.15. The molecule has 140 valence electrons. The van der Waals surface area contributed by atoms with Gasteiger partial charge >= 0.3 is 0 Å². The van der Waals surface area contributed by atoms with Gasteiger partial charge in [-0.05, 0) is 40.6 Å². The number of amides is 2. The first kappa shape index (κ1) is 18.0. The Kier molecular flexibility index (Phi) is 4.28. The average Bonchev–Trinajstić information content (AvgIpc) is 2.99. The third-order valence-corrected chi connectivity index (χ3v) is 5.21. The van der Waals surface area contributed by atoms with Crippen LogP contribution in [0.15, 0.2) is 54.6 Å². The van der Waals surface area contributed by atoms with Crippen molar-refractivity contribution in [2.45, 2.75) is 6.54 Å². The van der Waals surface area contributed by atoms with Crippen LogP contribution in [0.1, 0.15) is 15.9 Å². The second-order valence-electron chi connectivity index (χ2n) is 6.73. The van der Waals surface area contributed by atoms with Crippen molar-refractivity contribution in [3.63, 3.8) is 0 Å². The number of hydrogen-bond acceptors (Lipinski definition) is 4. The Morgan fingerprint density at radius 2 is 1.96 bits per heavy atom. The van der Waals surface area contributed by atoms with Gasteiger partial charge in [-0.15, -0.1) is 0 Å². The summed E-state index contributed by atoms with van der Waals surface area (Å²) in [6, 6.07) is 13.2. The van der Waals surface area contributed by atoms with Crippen molar-refractivity contribution in [1.82, 2.24) is 9.88 Å². The molecule has 0 radical (unpaired) electrons. The molecule has 1 aliphatic heterocycles. The molecule has 0 aliphatic carbocycles. The molecule has 2 heterocycles. The third kappa shape index (κ3) is 2.97. The largest absolute Gasteiger partial charge is 0.396 e. The Labute approximate surface area is 166 Å². The van der Waals surface area contributed by atoms with Crippen LogP contribution < -0.4 is 11.5 Å². The normalized spacial score (nSPS) is 13.0. The maximum absolute atomic E-state index is 12.7. The summed E-state index contributed by atoms with van der Waals surface area (Å²) in [7, 11) is 0. The highest BCUT2D eigenvalue weighted by Crippen LogP contribution is 2.33. The van der Waals surface area contributed by atoms with E-state index in [1.165, 1.54) is 0 Å². The summed E-state index contributed by atoms with van der Waals surface area (Å²) in [4.78, 5) is 29.9. The lowest BCUT2D eigenvalue weighted by Crippen LogP contribution is -2.30. The summed E-state index contributed by atoms with van der Waals surface area (Å²) in [6.45, 7) is 4.14. The molecular formula is C21H17ClN4O2. The molecule has 0 saturated heterocycles. The number of carbonyl (C=O) groups excluding carboxylic acids is 2. The molecule has 2 aromatic carbocycles. The zero-order chi connectivity index (χ0) is 20.0.